The number of ether oxygens (including phenoxy) is 1. The molecule has 3 rings (SSSR count). The maximum Gasteiger partial charge on any atom is 0.337 e. The highest BCUT2D eigenvalue weighted by Crippen LogP contribution is 2.13. The second-order valence-electron chi connectivity index (χ2n) is 4.87. The Hall–Kier alpha value is -2.90. The summed E-state index contributed by atoms with van der Waals surface area (Å²) >= 11 is 0. The van der Waals surface area contributed by atoms with Crippen LogP contribution in [0.15, 0.2) is 38.4 Å². The topological polar surface area (TPSA) is 98.1 Å². The van der Waals surface area contributed by atoms with E-state index in [1.165, 1.54) is 12.3 Å². The Balaban J connectivity index is 1.95. The van der Waals surface area contributed by atoms with Gasteiger partial charge in [-0.2, -0.15) is 4.98 Å². The predicted octanol–water partition coefficient (Wildman–Crippen LogP) is 0.206. The molecule has 0 fully saturated rings. The highest BCUT2D eigenvalue weighted by atomic mass is 16.5. The highest BCUT2D eigenvalue weighted by molar-refractivity contribution is 6.31. The number of aryl methyl sites for hydroxylation is 1. The van der Waals surface area contributed by atoms with Crippen LogP contribution in [0.5, 0.6) is 6.01 Å². The zero-order valence-corrected chi connectivity index (χ0v) is 12.3. The second kappa shape index (κ2) is 6.08. The maximum absolute atomic E-state index is 12.2. The average Bonchev–Trinajstić information content (AvgIpc) is 2.53. The van der Waals surface area contributed by atoms with E-state index < -0.39 is 11.2 Å². The normalized spacial score (nSPS) is 10.8. The van der Waals surface area contributed by atoms with E-state index in [2.05, 4.69) is 15.0 Å². The van der Waals surface area contributed by atoms with Gasteiger partial charge in [-0.3, -0.25) is 14.8 Å². The molecule has 0 aromatic carbocycles. The van der Waals surface area contributed by atoms with Crippen molar-refractivity contribution in [2.75, 3.05) is 0 Å². The van der Waals surface area contributed by atoms with Crippen molar-refractivity contribution >= 4 is 24.4 Å². The standard InChI is InChI=1S/C15H12BN3O4/c1-2-8-5-11(20)23-14-12(8)13(21)18-15(19-14)22-7-10-4-3-9(16)6-17-10/h3-6H,2,7H2,1H3,(H,18,19,21). The van der Waals surface area contributed by atoms with Gasteiger partial charge in [0.25, 0.3) is 11.6 Å². The van der Waals surface area contributed by atoms with Crippen molar-refractivity contribution in [2.24, 2.45) is 0 Å². The van der Waals surface area contributed by atoms with E-state index >= 15 is 0 Å². The van der Waals surface area contributed by atoms with Crippen molar-refractivity contribution < 1.29 is 9.15 Å². The molecule has 0 saturated heterocycles. The molecule has 0 unspecified atom stereocenters. The van der Waals surface area contributed by atoms with Gasteiger partial charge in [-0.1, -0.05) is 18.5 Å². The van der Waals surface area contributed by atoms with Crippen LogP contribution >= 0.6 is 0 Å². The molecular formula is C15H12BN3O4. The van der Waals surface area contributed by atoms with Gasteiger partial charge in [0.15, 0.2) is 0 Å². The number of aromatic nitrogens is 3. The molecule has 0 spiro atoms. The number of nitrogens with one attached hydrogen (secondary N) is 1. The lowest BCUT2D eigenvalue weighted by Crippen LogP contribution is -2.15. The van der Waals surface area contributed by atoms with Crippen LogP contribution < -0.4 is 21.4 Å². The number of nitrogens with zero attached hydrogens (tertiary/aromatic N) is 2. The molecule has 8 heteroatoms. The van der Waals surface area contributed by atoms with Crippen molar-refractivity contribution in [3.8, 4) is 6.01 Å². The van der Waals surface area contributed by atoms with Gasteiger partial charge in [-0.05, 0) is 18.1 Å². The fraction of sp³-hybridized carbons (Fsp3) is 0.200. The quantitative estimate of drug-likeness (QED) is 0.692. The molecule has 114 valence electrons. The first-order chi connectivity index (χ1) is 11.1. The third kappa shape index (κ3) is 3.15. The first-order valence-electron chi connectivity index (χ1n) is 6.97. The zero-order chi connectivity index (χ0) is 16.4. The molecule has 23 heavy (non-hydrogen) atoms. The van der Waals surface area contributed by atoms with E-state index in [9.17, 15) is 9.59 Å². The van der Waals surface area contributed by atoms with Gasteiger partial charge < -0.3 is 9.15 Å². The van der Waals surface area contributed by atoms with Gasteiger partial charge in [0, 0.05) is 12.3 Å². The fourth-order valence-corrected chi connectivity index (χ4v) is 2.14. The van der Waals surface area contributed by atoms with Crippen molar-refractivity contribution in [1.29, 1.82) is 0 Å². The first kappa shape index (κ1) is 15.0. The molecule has 3 aromatic heterocycles. The molecule has 0 atom stereocenters. The number of hydrogen-bond donors (Lipinski definition) is 1. The van der Waals surface area contributed by atoms with E-state index in [1.54, 1.807) is 12.1 Å². The summed E-state index contributed by atoms with van der Waals surface area (Å²) in [6.07, 6.45) is 2.02. The molecule has 0 aliphatic rings. The van der Waals surface area contributed by atoms with Gasteiger partial charge in [-0.25, -0.2) is 4.79 Å². The summed E-state index contributed by atoms with van der Waals surface area (Å²) < 4.78 is 10.4. The summed E-state index contributed by atoms with van der Waals surface area (Å²) in [5, 5.41) is 0.255. The summed E-state index contributed by atoms with van der Waals surface area (Å²) in [4.78, 5) is 34.3. The molecule has 0 amide bonds. The Labute approximate surface area is 131 Å². The van der Waals surface area contributed by atoms with E-state index in [0.717, 1.165) is 0 Å². The molecule has 3 aromatic rings. The van der Waals surface area contributed by atoms with Crippen LogP contribution in [0.3, 0.4) is 0 Å². The Morgan fingerprint density at radius 2 is 2.17 bits per heavy atom. The van der Waals surface area contributed by atoms with Crippen LogP contribution in [0.25, 0.3) is 11.1 Å². The lowest BCUT2D eigenvalue weighted by molar-refractivity contribution is 0.275. The van der Waals surface area contributed by atoms with Crippen molar-refractivity contribution in [3.63, 3.8) is 0 Å². The van der Waals surface area contributed by atoms with E-state index in [4.69, 9.17) is 17.0 Å². The number of rotatable bonds is 4. The van der Waals surface area contributed by atoms with Crippen molar-refractivity contribution in [3.05, 3.63) is 56.4 Å². The second-order valence-corrected chi connectivity index (χ2v) is 4.87. The average molecular weight is 309 g/mol. The van der Waals surface area contributed by atoms with Crippen LogP contribution in [0.2, 0.25) is 0 Å². The minimum Gasteiger partial charge on any atom is -0.458 e. The third-order valence-corrected chi connectivity index (χ3v) is 3.26. The van der Waals surface area contributed by atoms with Gasteiger partial charge in [0.2, 0.25) is 5.71 Å². The lowest BCUT2D eigenvalue weighted by atomic mass is 9.99. The summed E-state index contributed by atoms with van der Waals surface area (Å²) in [6, 6.07) is 4.63. The van der Waals surface area contributed by atoms with Gasteiger partial charge >= 0.3 is 5.63 Å². The Bertz CT molecular complexity index is 963. The van der Waals surface area contributed by atoms with E-state index in [-0.39, 0.29) is 23.7 Å². The molecule has 0 aliphatic heterocycles. The number of pyridine rings is 1. The largest absolute Gasteiger partial charge is 0.458 e. The Morgan fingerprint density at radius 1 is 1.35 bits per heavy atom. The predicted molar refractivity (Wildman–Crippen MR) is 84.2 cm³/mol. The maximum atomic E-state index is 12.2. The molecule has 0 bridgehead atoms. The lowest BCUT2D eigenvalue weighted by Gasteiger charge is -2.06. The molecule has 0 aliphatic carbocycles. The summed E-state index contributed by atoms with van der Waals surface area (Å²) in [7, 11) is 5.55. The monoisotopic (exact) mass is 309 g/mol. The number of aromatic amines is 1. The van der Waals surface area contributed by atoms with Crippen molar-refractivity contribution in [2.45, 2.75) is 20.0 Å². The minimum atomic E-state index is -0.557. The fourth-order valence-electron chi connectivity index (χ4n) is 2.14. The van der Waals surface area contributed by atoms with Crippen LogP contribution in [0.1, 0.15) is 18.2 Å². The molecule has 2 radical (unpaired) electrons. The van der Waals surface area contributed by atoms with Crippen LogP contribution in [0, 0.1) is 0 Å². The summed E-state index contributed by atoms with van der Waals surface area (Å²) in [5.41, 5.74) is 0.718. The number of H-pyrrole nitrogens is 1. The van der Waals surface area contributed by atoms with Gasteiger partial charge in [0.05, 0.1) is 5.69 Å². The summed E-state index contributed by atoms with van der Waals surface area (Å²) in [5.74, 6) is 0. The zero-order valence-electron chi connectivity index (χ0n) is 12.3. The van der Waals surface area contributed by atoms with Gasteiger partial charge in [0.1, 0.15) is 19.8 Å². The van der Waals surface area contributed by atoms with Crippen LogP contribution in [-0.4, -0.2) is 22.8 Å². The number of hydrogen-bond acceptors (Lipinski definition) is 6. The van der Waals surface area contributed by atoms with Crippen LogP contribution in [0.4, 0.5) is 0 Å². The smallest absolute Gasteiger partial charge is 0.337 e. The van der Waals surface area contributed by atoms with Gasteiger partial charge in [-0.15, -0.1) is 0 Å². The summed E-state index contributed by atoms with van der Waals surface area (Å²) in [6.45, 7) is 1.93. The van der Waals surface area contributed by atoms with Crippen LogP contribution in [-0.2, 0) is 13.0 Å². The Kier molecular flexibility index (Phi) is 3.97. The molecule has 3 heterocycles. The third-order valence-electron chi connectivity index (χ3n) is 3.26. The molecule has 1 N–H and O–H groups in total. The highest BCUT2D eigenvalue weighted by Gasteiger charge is 2.12. The van der Waals surface area contributed by atoms with E-state index in [0.29, 0.717) is 23.1 Å². The SMILES string of the molecule is [B]c1ccc(COc2nc3oc(=O)cc(CC)c3c(=O)[nH]2)nc1. The van der Waals surface area contributed by atoms with E-state index in [1.807, 2.05) is 6.92 Å². The Morgan fingerprint density at radius 3 is 2.87 bits per heavy atom. The minimum absolute atomic E-state index is 0.0432. The first-order valence-corrected chi connectivity index (χ1v) is 6.97. The molecule has 7 nitrogen and oxygen atoms in total. The number of fused-ring (bicyclic) bond motifs is 1. The molecule has 0 saturated carbocycles. The molecular weight excluding hydrogens is 297 g/mol. The van der Waals surface area contributed by atoms with Crippen molar-refractivity contribution in [1.82, 2.24) is 15.0 Å².